The number of carbonyl (C=O) groups is 2. The van der Waals surface area contributed by atoms with E-state index in [0.717, 1.165) is 0 Å². The van der Waals surface area contributed by atoms with Crippen LogP contribution in [-0.2, 0) is 29.0 Å². The van der Waals surface area contributed by atoms with Gasteiger partial charge in [0, 0.05) is 12.6 Å². The molecule has 166 valence electrons. The highest BCUT2D eigenvalue weighted by Crippen LogP contribution is 2.34. The van der Waals surface area contributed by atoms with E-state index in [1.54, 1.807) is 0 Å². The van der Waals surface area contributed by atoms with Gasteiger partial charge in [-0.3, -0.25) is 4.79 Å². The monoisotopic (exact) mass is 451 g/mol. The van der Waals surface area contributed by atoms with E-state index < -0.39 is 34.2 Å². The summed E-state index contributed by atoms with van der Waals surface area (Å²) >= 11 is 0. The molecule has 1 aromatic heterocycles. The van der Waals surface area contributed by atoms with Gasteiger partial charge in [-0.2, -0.15) is 0 Å². The standard InChI is InChI=1S/C18H21N5O7S/c1-10(24)19-11-3-5-12(6-4-11)31(26,27)21-14-8-29-17-15(9-30-16(14)17)23-7-13(20-22-23)18(25)28-2/h3-7,14-17,21H,8-9H2,1-2H3,(H,19,24)/t14-,15-,16+,17+/m0/s1. The molecule has 13 heteroatoms. The molecular weight excluding hydrogens is 430 g/mol. The van der Waals surface area contributed by atoms with Crippen LogP contribution in [0.5, 0.6) is 0 Å². The molecule has 4 atom stereocenters. The summed E-state index contributed by atoms with van der Waals surface area (Å²) in [4.78, 5) is 22.8. The summed E-state index contributed by atoms with van der Waals surface area (Å²) in [6.07, 6.45) is 0.464. The van der Waals surface area contributed by atoms with Crippen molar-refractivity contribution in [3.05, 3.63) is 36.2 Å². The minimum atomic E-state index is -3.84. The summed E-state index contributed by atoms with van der Waals surface area (Å²) in [6, 6.07) is 4.87. The van der Waals surface area contributed by atoms with Crippen LogP contribution in [0.1, 0.15) is 23.5 Å². The lowest BCUT2D eigenvalue weighted by atomic mass is 10.1. The Morgan fingerprint density at radius 1 is 1.16 bits per heavy atom. The highest BCUT2D eigenvalue weighted by molar-refractivity contribution is 7.89. The number of nitrogens with one attached hydrogen (secondary N) is 2. The first-order chi connectivity index (χ1) is 14.8. The Labute approximate surface area is 177 Å². The Bertz CT molecular complexity index is 1080. The summed E-state index contributed by atoms with van der Waals surface area (Å²) in [7, 11) is -2.59. The van der Waals surface area contributed by atoms with E-state index in [1.807, 2.05) is 0 Å². The molecule has 1 aromatic carbocycles. The third-order valence-electron chi connectivity index (χ3n) is 5.06. The molecule has 2 N–H and O–H groups in total. The highest BCUT2D eigenvalue weighted by atomic mass is 32.2. The molecule has 0 aliphatic carbocycles. The lowest BCUT2D eigenvalue weighted by Gasteiger charge is -2.18. The quantitative estimate of drug-likeness (QED) is 0.565. The zero-order valence-corrected chi connectivity index (χ0v) is 17.5. The van der Waals surface area contributed by atoms with Crippen molar-refractivity contribution in [1.29, 1.82) is 0 Å². The van der Waals surface area contributed by atoms with Gasteiger partial charge in [-0.1, -0.05) is 5.21 Å². The van der Waals surface area contributed by atoms with Gasteiger partial charge in [-0.15, -0.1) is 5.10 Å². The van der Waals surface area contributed by atoms with Crippen LogP contribution in [0.25, 0.3) is 0 Å². The Balaban J connectivity index is 1.44. The lowest BCUT2D eigenvalue weighted by molar-refractivity contribution is -0.114. The number of benzene rings is 1. The lowest BCUT2D eigenvalue weighted by Crippen LogP contribution is -2.44. The number of carbonyl (C=O) groups excluding carboxylic acids is 2. The van der Waals surface area contributed by atoms with Crippen LogP contribution in [0.15, 0.2) is 35.4 Å². The molecular formula is C18H21N5O7S. The van der Waals surface area contributed by atoms with E-state index in [1.165, 1.54) is 49.2 Å². The highest BCUT2D eigenvalue weighted by Gasteiger charge is 2.50. The third-order valence-corrected chi connectivity index (χ3v) is 6.57. The number of aromatic nitrogens is 3. The number of hydrogen-bond donors (Lipinski definition) is 2. The van der Waals surface area contributed by atoms with Crippen LogP contribution in [0.3, 0.4) is 0 Å². The van der Waals surface area contributed by atoms with Crippen LogP contribution in [0.4, 0.5) is 5.69 Å². The molecule has 2 aliphatic heterocycles. The van der Waals surface area contributed by atoms with Gasteiger partial charge in [0.15, 0.2) is 5.69 Å². The average Bonchev–Trinajstić information content (AvgIpc) is 3.44. The second-order valence-electron chi connectivity index (χ2n) is 7.17. The molecule has 1 amide bonds. The van der Waals surface area contributed by atoms with Crippen molar-refractivity contribution >= 4 is 27.6 Å². The summed E-state index contributed by atoms with van der Waals surface area (Å²) < 4.78 is 45.9. The fourth-order valence-corrected chi connectivity index (χ4v) is 4.86. The molecule has 0 unspecified atom stereocenters. The fourth-order valence-electron chi connectivity index (χ4n) is 3.63. The number of anilines is 1. The van der Waals surface area contributed by atoms with Gasteiger partial charge < -0.3 is 19.5 Å². The van der Waals surface area contributed by atoms with Gasteiger partial charge in [0.05, 0.1) is 37.5 Å². The Hall–Kier alpha value is -2.87. The maximum Gasteiger partial charge on any atom is 0.360 e. The average molecular weight is 451 g/mol. The van der Waals surface area contributed by atoms with Crippen molar-refractivity contribution in [3.63, 3.8) is 0 Å². The molecule has 2 saturated heterocycles. The number of nitrogens with zero attached hydrogens (tertiary/aromatic N) is 3. The van der Waals surface area contributed by atoms with Crippen LogP contribution in [0.2, 0.25) is 0 Å². The van der Waals surface area contributed by atoms with E-state index in [-0.39, 0.29) is 35.8 Å². The van der Waals surface area contributed by atoms with Crippen molar-refractivity contribution in [3.8, 4) is 0 Å². The molecule has 4 rings (SSSR count). The summed E-state index contributed by atoms with van der Waals surface area (Å²) in [5, 5.41) is 10.3. The van der Waals surface area contributed by atoms with Crippen molar-refractivity contribution in [2.45, 2.75) is 36.1 Å². The third kappa shape index (κ3) is 4.30. The molecule has 0 radical (unpaired) electrons. The Morgan fingerprint density at radius 2 is 1.87 bits per heavy atom. The van der Waals surface area contributed by atoms with Crippen LogP contribution >= 0.6 is 0 Å². The van der Waals surface area contributed by atoms with Crippen molar-refractivity contribution in [2.75, 3.05) is 25.6 Å². The van der Waals surface area contributed by atoms with Crippen molar-refractivity contribution < 1.29 is 32.2 Å². The van der Waals surface area contributed by atoms with E-state index in [4.69, 9.17) is 9.47 Å². The second-order valence-corrected chi connectivity index (χ2v) is 8.89. The normalized spacial score (nSPS) is 25.2. The SMILES string of the molecule is COC(=O)c1cn([C@H]2CO[C@H]3[C@@H]2OC[C@@H]3NS(=O)(=O)c2ccc(NC(C)=O)cc2)nn1. The van der Waals surface area contributed by atoms with Gasteiger partial charge in [0.25, 0.3) is 0 Å². The maximum absolute atomic E-state index is 12.8. The summed E-state index contributed by atoms with van der Waals surface area (Å²) in [6.45, 7) is 1.71. The van der Waals surface area contributed by atoms with Gasteiger partial charge in [-0.05, 0) is 24.3 Å². The van der Waals surface area contributed by atoms with E-state index in [2.05, 4.69) is 25.1 Å². The minimum absolute atomic E-state index is 0.0543. The fraction of sp³-hybridized carbons (Fsp3) is 0.444. The molecule has 0 spiro atoms. The van der Waals surface area contributed by atoms with E-state index >= 15 is 0 Å². The number of sulfonamides is 1. The number of esters is 1. The number of amides is 1. The predicted molar refractivity (Wildman–Crippen MR) is 105 cm³/mol. The van der Waals surface area contributed by atoms with Crippen LogP contribution < -0.4 is 10.0 Å². The molecule has 0 saturated carbocycles. The van der Waals surface area contributed by atoms with Crippen LogP contribution in [0, 0.1) is 0 Å². The predicted octanol–water partition coefficient (Wildman–Crippen LogP) is -0.291. The number of fused-ring (bicyclic) bond motifs is 1. The molecule has 31 heavy (non-hydrogen) atoms. The first kappa shape index (κ1) is 21.4. The topological polar surface area (TPSA) is 151 Å². The van der Waals surface area contributed by atoms with Gasteiger partial charge in [0.1, 0.15) is 18.2 Å². The molecule has 0 bridgehead atoms. The number of rotatable bonds is 6. The molecule has 3 heterocycles. The first-order valence-corrected chi connectivity index (χ1v) is 10.9. The van der Waals surface area contributed by atoms with Gasteiger partial charge >= 0.3 is 5.97 Å². The van der Waals surface area contributed by atoms with Gasteiger partial charge in [0.2, 0.25) is 15.9 Å². The Kier molecular flexibility index (Phi) is 5.75. The zero-order chi connectivity index (χ0) is 22.2. The van der Waals surface area contributed by atoms with Gasteiger partial charge in [-0.25, -0.2) is 22.6 Å². The number of ether oxygens (including phenoxy) is 3. The summed E-state index contributed by atoms with van der Waals surface area (Å²) in [5.41, 5.74) is 0.556. The Morgan fingerprint density at radius 3 is 2.55 bits per heavy atom. The summed E-state index contributed by atoms with van der Waals surface area (Å²) in [5.74, 6) is -0.855. The molecule has 12 nitrogen and oxygen atoms in total. The minimum Gasteiger partial charge on any atom is -0.464 e. The second kappa shape index (κ2) is 8.34. The zero-order valence-electron chi connectivity index (χ0n) is 16.7. The maximum atomic E-state index is 12.8. The molecule has 2 fully saturated rings. The van der Waals surface area contributed by atoms with E-state index in [9.17, 15) is 18.0 Å². The first-order valence-electron chi connectivity index (χ1n) is 9.42. The smallest absolute Gasteiger partial charge is 0.360 e. The largest absolute Gasteiger partial charge is 0.464 e. The number of methoxy groups -OCH3 is 1. The van der Waals surface area contributed by atoms with Crippen molar-refractivity contribution in [2.24, 2.45) is 0 Å². The van der Waals surface area contributed by atoms with E-state index in [0.29, 0.717) is 5.69 Å². The molecule has 2 aliphatic rings. The number of hydrogen-bond acceptors (Lipinski definition) is 9. The molecule has 2 aromatic rings. The van der Waals surface area contributed by atoms with Crippen molar-refractivity contribution in [1.82, 2.24) is 19.7 Å². The van der Waals surface area contributed by atoms with Crippen LogP contribution in [-0.4, -0.2) is 73.9 Å².